The van der Waals surface area contributed by atoms with Crippen LogP contribution in [-0.4, -0.2) is 11.8 Å². The van der Waals surface area contributed by atoms with Crippen molar-refractivity contribution in [3.63, 3.8) is 0 Å². The number of hydrogen-bond donors (Lipinski definition) is 0. The van der Waals surface area contributed by atoms with E-state index in [-0.39, 0.29) is 5.00 Å². The Hall–Kier alpha value is -1.67. The molecule has 0 saturated carbocycles. The average molecular weight is 378 g/mol. The standard InChI is InChI=1S/C13H7BrF3NO2S/c1-6(19)18(11-3-2-10(14)21-11)13(20)12-8(16)4-7(15)5-9(12)17/h2-5H,1H3. The molecule has 3 nitrogen and oxygen atoms in total. The van der Waals surface area contributed by atoms with Gasteiger partial charge in [0.25, 0.3) is 5.91 Å². The Bertz CT molecular complexity index is 709. The lowest BCUT2D eigenvalue weighted by molar-refractivity contribution is -0.115. The molecule has 0 aliphatic carbocycles. The van der Waals surface area contributed by atoms with E-state index in [0.717, 1.165) is 18.3 Å². The fourth-order valence-electron chi connectivity index (χ4n) is 1.68. The van der Waals surface area contributed by atoms with Crippen LogP contribution in [0.2, 0.25) is 0 Å². The first-order chi connectivity index (χ1) is 9.81. The molecule has 0 saturated heterocycles. The Kier molecular flexibility index (Phi) is 4.48. The quantitative estimate of drug-likeness (QED) is 0.789. The lowest BCUT2D eigenvalue weighted by atomic mass is 10.1. The molecule has 8 heteroatoms. The van der Waals surface area contributed by atoms with Gasteiger partial charge in [0.1, 0.15) is 28.0 Å². The molecule has 2 rings (SSSR count). The third-order valence-corrected chi connectivity index (χ3v) is 4.13. The lowest BCUT2D eigenvalue weighted by Crippen LogP contribution is -2.35. The molecule has 21 heavy (non-hydrogen) atoms. The molecule has 0 spiro atoms. The number of amides is 2. The van der Waals surface area contributed by atoms with E-state index in [1.54, 1.807) is 6.07 Å². The maximum atomic E-state index is 13.7. The number of imide groups is 1. The van der Waals surface area contributed by atoms with Crippen LogP contribution in [0, 0.1) is 17.5 Å². The average Bonchev–Trinajstić information content (AvgIpc) is 2.73. The monoisotopic (exact) mass is 377 g/mol. The number of benzene rings is 1. The van der Waals surface area contributed by atoms with E-state index in [0.29, 0.717) is 20.8 Å². The molecule has 2 aromatic rings. The summed E-state index contributed by atoms with van der Waals surface area (Å²) in [6.07, 6.45) is 0. The molecule has 0 bridgehead atoms. The zero-order valence-corrected chi connectivity index (χ0v) is 12.9. The van der Waals surface area contributed by atoms with Crippen molar-refractivity contribution in [2.24, 2.45) is 0 Å². The number of nitrogens with zero attached hydrogens (tertiary/aromatic N) is 1. The van der Waals surface area contributed by atoms with Gasteiger partial charge in [-0.15, -0.1) is 11.3 Å². The molecule has 0 radical (unpaired) electrons. The maximum absolute atomic E-state index is 13.7. The van der Waals surface area contributed by atoms with Crippen LogP contribution in [0.15, 0.2) is 28.1 Å². The van der Waals surface area contributed by atoms with Gasteiger partial charge in [-0.05, 0) is 28.1 Å². The fourth-order valence-corrected chi connectivity index (χ4v) is 3.09. The third-order valence-electron chi connectivity index (χ3n) is 2.52. The van der Waals surface area contributed by atoms with E-state index in [1.807, 2.05) is 0 Å². The van der Waals surface area contributed by atoms with E-state index >= 15 is 0 Å². The van der Waals surface area contributed by atoms with Gasteiger partial charge in [0.15, 0.2) is 0 Å². The van der Waals surface area contributed by atoms with Gasteiger partial charge in [-0.25, -0.2) is 18.1 Å². The smallest absolute Gasteiger partial charge is 0.271 e. The summed E-state index contributed by atoms with van der Waals surface area (Å²) in [4.78, 5) is 24.5. The second kappa shape index (κ2) is 5.98. The molecule has 0 N–H and O–H groups in total. The largest absolute Gasteiger partial charge is 0.274 e. The van der Waals surface area contributed by atoms with E-state index < -0.39 is 34.8 Å². The molecule has 110 valence electrons. The normalized spacial score (nSPS) is 10.5. The van der Waals surface area contributed by atoms with Crippen molar-refractivity contribution in [2.75, 3.05) is 4.90 Å². The minimum absolute atomic E-state index is 0.197. The number of carbonyl (C=O) groups excluding carboxylic acids is 2. The topological polar surface area (TPSA) is 37.4 Å². The van der Waals surface area contributed by atoms with Crippen LogP contribution >= 0.6 is 27.3 Å². The predicted molar refractivity (Wildman–Crippen MR) is 75.8 cm³/mol. The second-order valence-corrected chi connectivity index (χ2v) is 6.42. The summed E-state index contributed by atoms with van der Waals surface area (Å²) in [5.41, 5.74) is -0.976. The van der Waals surface area contributed by atoms with Crippen LogP contribution < -0.4 is 4.90 Å². The summed E-state index contributed by atoms with van der Waals surface area (Å²) in [6, 6.07) is 3.81. The van der Waals surface area contributed by atoms with Crippen molar-refractivity contribution in [1.29, 1.82) is 0 Å². The molecule has 0 unspecified atom stereocenters. The van der Waals surface area contributed by atoms with Crippen molar-refractivity contribution < 1.29 is 22.8 Å². The number of thiophene rings is 1. The summed E-state index contributed by atoms with van der Waals surface area (Å²) < 4.78 is 40.8. The number of rotatable bonds is 2. The highest BCUT2D eigenvalue weighted by Crippen LogP contribution is 2.31. The van der Waals surface area contributed by atoms with Crippen LogP contribution in [-0.2, 0) is 4.79 Å². The van der Waals surface area contributed by atoms with E-state index in [4.69, 9.17) is 0 Å². The summed E-state index contributed by atoms with van der Waals surface area (Å²) in [5.74, 6) is -5.77. The molecule has 0 atom stereocenters. The first-order valence-corrected chi connectivity index (χ1v) is 7.17. The van der Waals surface area contributed by atoms with Gasteiger partial charge in [-0.3, -0.25) is 9.59 Å². The highest BCUT2D eigenvalue weighted by Gasteiger charge is 2.28. The molecule has 0 fully saturated rings. The van der Waals surface area contributed by atoms with Crippen LogP contribution in [0.25, 0.3) is 0 Å². The number of halogens is 4. The van der Waals surface area contributed by atoms with Gasteiger partial charge in [0.05, 0.1) is 3.79 Å². The van der Waals surface area contributed by atoms with Crippen LogP contribution in [0.5, 0.6) is 0 Å². The number of anilines is 1. The summed E-state index contributed by atoms with van der Waals surface area (Å²) in [6.45, 7) is 1.09. The molecular formula is C13H7BrF3NO2S. The lowest BCUT2D eigenvalue weighted by Gasteiger charge is -2.17. The number of carbonyl (C=O) groups is 2. The number of hydrogen-bond acceptors (Lipinski definition) is 3. The van der Waals surface area contributed by atoms with E-state index in [1.165, 1.54) is 6.07 Å². The fraction of sp³-hybridized carbons (Fsp3) is 0.0769. The first kappa shape index (κ1) is 15.7. The van der Waals surface area contributed by atoms with E-state index in [2.05, 4.69) is 15.9 Å². The highest BCUT2D eigenvalue weighted by molar-refractivity contribution is 9.11. The molecule has 0 aliphatic rings. The van der Waals surface area contributed by atoms with Crippen LogP contribution in [0.4, 0.5) is 18.2 Å². The van der Waals surface area contributed by atoms with Crippen molar-refractivity contribution in [3.8, 4) is 0 Å². The molecule has 1 heterocycles. The molecule has 1 aromatic carbocycles. The minimum Gasteiger partial charge on any atom is -0.274 e. The third kappa shape index (κ3) is 3.16. The molecule has 0 aliphatic heterocycles. The van der Waals surface area contributed by atoms with Crippen molar-refractivity contribution in [3.05, 3.63) is 51.1 Å². The Balaban J connectivity index is 2.52. The molecule has 1 aromatic heterocycles. The van der Waals surface area contributed by atoms with Gasteiger partial charge < -0.3 is 0 Å². The van der Waals surface area contributed by atoms with Crippen LogP contribution in [0.3, 0.4) is 0 Å². The zero-order valence-electron chi connectivity index (χ0n) is 10.5. The first-order valence-electron chi connectivity index (χ1n) is 5.56. The highest BCUT2D eigenvalue weighted by atomic mass is 79.9. The Morgan fingerprint density at radius 1 is 1.14 bits per heavy atom. The predicted octanol–water partition coefficient (Wildman–Crippen LogP) is 4.12. The van der Waals surface area contributed by atoms with Crippen LogP contribution in [0.1, 0.15) is 17.3 Å². The van der Waals surface area contributed by atoms with Gasteiger partial charge in [0, 0.05) is 19.1 Å². The van der Waals surface area contributed by atoms with Gasteiger partial charge >= 0.3 is 0 Å². The Morgan fingerprint density at radius 2 is 1.71 bits per heavy atom. The summed E-state index contributed by atoms with van der Waals surface area (Å²) >= 11 is 4.21. The van der Waals surface area contributed by atoms with Crippen molar-refractivity contribution in [1.82, 2.24) is 0 Å². The zero-order chi connectivity index (χ0) is 15.7. The maximum Gasteiger partial charge on any atom is 0.271 e. The van der Waals surface area contributed by atoms with Gasteiger partial charge in [0.2, 0.25) is 5.91 Å². The Morgan fingerprint density at radius 3 is 2.14 bits per heavy atom. The molecular weight excluding hydrogens is 371 g/mol. The van der Waals surface area contributed by atoms with Gasteiger partial charge in [-0.2, -0.15) is 0 Å². The minimum atomic E-state index is -1.36. The Labute approximate surface area is 130 Å². The van der Waals surface area contributed by atoms with Crippen molar-refractivity contribution in [2.45, 2.75) is 6.92 Å². The molecule has 2 amide bonds. The van der Waals surface area contributed by atoms with Crippen molar-refractivity contribution >= 4 is 44.1 Å². The SMILES string of the molecule is CC(=O)N(C(=O)c1c(F)cc(F)cc1F)c1ccc(Br)s1. The van der Waals surface area contributed by atoms with E-state index in [9.17, 15) is 22.8 Å². The summed E-state index contributed by atoms with van der Waals surface area (Å²) in [5, 5.41) is 0.197. The van der Waals surface area contributed by atoms with Gasteiger partial charge in [-0.1, -0.05) is 0 Å². The second-order valence-electron chi connectivity index (χ2n) is 3.98. The summed E-state index contributed by atoms with van der Waals surface area (Å²) in [7, 11) is 0.